The number of carbonyl (C=O) groups is 2. The zero-order valence-corrected chi connectivity index (χ0v) is 19.1. The number of allylic oxidation sites excluding steroid dienone is 1. The van der Waals surface area contributed by atoms with E-state index in [9.17, 15) is 9.59 Å². The summed E-state index contributed by atoms with van der Waals surface area (Å²) in [7, 11) is 3.51. The Hall–Kier alpha value is -4.53. The summed E-state index contributed by atoms with van der Waals surface area (Å²) in [4.78, 5) is 27.9. The number of carbonyl (C=O) groups excluding carboxylic acids is 2. The average Bonchev–Trinajstić information content (AvgIpc) is 3.39. The number of ketones is 1. The van der Waals surface area contributed by atoms with Crippen molar-refractivity contribution in [3.63, 3.8) is 0 Å². The lowest BCUT2D eigenvalue weighted by Crippen LogP contribution is -2.19. The third-order valence-electron chi connectivity index (χ3n) is 6.02. The number of Topliss-reactive ketones (excluding diaryl/α,β-unsaturated/α-hetero) is 1. The highest BCUT2D eigenvalue weighted by Crippen LogP contribution is 2.39. The van der Waals surface area contributed by atoms with E-state index in [0.29, 0.717) is 22.7 Å². The number of H-pyrrole nitrogens is 1. The number of nitrogens with two attached hydrogens (primary N) is 1. The molecular weight excluding hydrogens is 434 g/mol. The second kappa shape index (κ2) is 7.80. The zero-order chi connectivity index (χ0) is 24.1. The number of aromatic nitrogens is 3. The van der Waals surface area contributed by atoms with Gasteiger partial charge in [-0.05, 0) is 56.3 Å². The highest BCUT2D eigenvalue weighted by molar-refractivity contribution is 6.16. The van der Waals surface area contributed by atoms with Gasteiger partial charge in [0, 0.05) is 40.5 Å². The van der Waals surface area contributed by atoms with Crippen LogP contribution in [0.15, 0.2) is 42.2 Å². The fraction of sp³-hybridized carbons (Fsp3) is 0.160. The molecule has 2 aromatic heterocycles. The van der Waals surface area contributed by atoms with Crippen LogP contribution in [-0.2, 0) is 7.05 Å². The van der Waals surface area contributed by atoms with E-state index in [-0.39, 0.29) is 11.5 Å². The number of aromatic amines is 1. The molecule has 0 spiro atoms. The van der Waals surface area contributed by atoms with E-state index in [0.717, 1.165) is 39.1 Å². The van der Waals surface area contributed by atoms with Gasteiger partial charge in [0.15, 0.2) is 5.76 Å². The minimum absolute atomic E-state index is 0.176. The summed E-state index contributed by atoms with van der Waals surface area (Å²) in [6, 6.07) is 9.85. The molecule has 0 unspecified atom stereocenters. The van der Waals surface area contributed by atoms with Crippen molar-refractivity contribution in [2.24, 2.45) is 12.8 Å². The van der Waals surface area contributed by atoms with Crippen LogP contribution in [0.25, 0.3) is 28.2 Å². The molecule has 1 aliphatic heterocycles. The highest BCUT2D eigenvalue weighted by Gasteiger charge is 2.29. The third-order valence-corrected chi connectivity index (χ3v) is 6.02. The number of ether oxygens (including phenoxy) is 2. The summed E-state index contributed by atoms with van der Waals surface area (Å²) in [5.41, 5.74) is 11.3. The first-order valence-electron chi connectivity index (χ1n) is 10.6. The lowest BCUT2D eigenvalue weighted by atomic mass is 10.0. The van der Waals surface area contributed by atoms with Crippen LogP contribution in [0.1, 0.15) is 27.3 Å². The normalized spacial score (nSPS) is 13.9. The van der Waals surface area contributed by atoms with Gasteiger partial charge in [-0.25, -0.2) is 4.79 Å². The SMILES string of the molecule is COc1ccc2[nH]c(-c3c(C)nn(C)c3C)c(C=C3Oc4ccc(NC(N)=O)cc4C3=O)c2c1. The molecule has 34 heavy (non-hydrogen) atoms. The molecule has 9 nitrogen and oxygen atoms in total. The van der Waals surface area contributed by atoms with Crippen LogP contribution in [0, 0.1) is 13.8 Å². The molecule has 1 aliphatic rings. The van der Waals surface area contributed by atoms with Crippen molar-refractivity contribution in [2.75, 3.05) is 12.4 Å². The Balaban J connectivity index is 1.68. The predicted molar refractivity (Wildman–Crippen MR) is 129 cm³/mol. The van der Waals surface area contributed by atoms with Crippen molar-refractivity contribution in [1.29, 1.82) is 0 Å². The largest absolute Gasteiger partial charge is 0.497 e. The van der Waals surface area contributed by atoms with E-state index in [4.69, 9.17) is 15.2 Å². The van der Waals surface area contributed by atoms with Crippen molar-refractivity contribution in [3.8, 4) is 22.8 Å². The molecule has 4 N–H and O–H groups in total. The number of hydrogen-bond acceptors (Lipinski definition) is 5. The van der Waals surface area contributed by atoms with Crippen molar-refractivity contribution >= 4 is 34.5 Å². The third kappa shape index (κ3) is 3.38. The van der Waals surface area contributed by atoms with Gasteiger partial charge in [-0.2, -0.15) is 5.10 Å². The number of hydrogen-bond donors (Lipinski definition) is 3. The molecule has 0 atom stereocenters. The number of methoxy groups -OCH3 is 1. The first-order chi connectivity index (χ1) is 16.3. The van der Waals surface area contributed by atoms with Crippen LogP contribution in [0.2, 0.25) is 0 Å². The Labute approximate surface area is 195 Å². The van der Waals surface area contributed by atoms with Gasteiger partial charge in [-0.1, -0.05) is 0 Å². The van der Waals surface area contributed by atoms with Crippen molar-refractivity contribution in [1.82, 2.24) is 14.8 Å². The lowest BCUT2D eigenvalue weighted by molar-refractivity contribution is 0.101. The summed E-state index contributed by atoms with van der Waals surface area (Å²) in [6.45, 7) is 3.95. The maximum absolute atomic E-state index is 13.2. The van der Waals surface area contributed by atoms with Gasteiger partial charge < -0.3 is 25.5 Å². The quantitative estimate of drug-likeness (QED) is 0.394. The molecule has 4 aromatic rings. The predicted octanol–water partition coefficient (Wildman–Crippen LogP) is 4.30. The summed E-state index contributed by atoms with van der Waals surface area (Å²) in [5, 5.41) is 7.92. The molecule has 0 bridgehead atoms. The molecule has 172 valence electrons. The molecule has 0 saturated carbocycles. The number of nitrogens with zero attached hydrogens (tertiary/aromatic N) is 2. The molecule has 0 radical (unpaired) electrons. The second-order valence-corrected chi connectivity index (χ2v) is 8.13. The Morgan fingerprint density at radius 2 is 2.03 bits per heavy atom. The standard InChI is InChI=1S/C25H23N5O4/c1-12-22(13(2)30(3)29-12)23-17(16-10-15(33-4)6-7-19(16)28-23)11-21-24(31)18-9-14(27-25(26)32)5-8-20(18)34-21/h5-11,28H,1-4H3,(H3,26,27,32). The fourth-order valence-electron chi connectivity index (χ4n) is 4.34. The lowest BCUT2D eigenvalue weighted by Gasteiger charge is -2.04. The van der Waals surface area contributed by atoms with E-state index in [1.54, 1.807) is 31.4 Å². The minimum Gasteiger partial charge on any atom is -0.497 e. The maximum Gasteiger partial charge on any atom is 0.316 e. The Morgan fingerprint density at radius 3 is 2.71 bits per heavy atom. The van der Waals surface area contributed by atoms with Crippen molar-refractivity contribution in [3.05, 3.63) is 64.7 Å². The van der Waals surface area contributed by atoms with E-state index in [1.165, 1.54) is 0 Å². The number of fused-ring (bicyclic) bond motifs is 2. The first kappa shape index (κ1) is 21.3. The summed E-state index contributed by atoms with van der Waals surface area (Å²) >= 11 is 0. The Morgan fingerprint density at radius 1 is 1.24 bits per heavy atom. The summed E-state index contributed by atoms with van der Waals surface area (Å²) in [5.74, 6) is 1.00. The van der Waals surface area contributed by atoms with Crippen LogP contribution in [-0.4, -0.2) is 33.7 Å². The van der Waals surface area contributed by atoms with E-state index < -0.39 is 6.03 Å². The van der Waals surface area contributed by atoms with Crippen LogP contribution < -0.4 is 20.5 Å². The summed E-state index contributed by atoms with van der Waals surface area (Å²) in [6.07, 6.45) is 1.74. The molecule has 2 amide bonds. The second-order valence-electron chi connectivity index (χ2n) is 8.13. The fourth-order valence-corrected chi connectivity index (χ4v) is 4.34. The Kier molecular flexibility index (Phi) is 4.89. The average molecular weight is 457 g/mol. The van der Waals surface area contributed by atoms with Gasteiger partial charge >= 0.3 is 6.03 Å². The monoisotopic (exact) mass is 457 g/mol. The number of benzene rings is 2. The number of anilines is 1. The summed E-state index contributed by atoms with van der Waals surface area (Å²) < 4.78 is 13.2. The number of primary amides is 1. The number of amides is 2. The topological polar surface area (TPSA) is 124 Å². The van der Waals surface area contributed by atoms with Gasteiger partial charge in [-0.3, -0.25) is 9.48 Å². The van der Waals surface area contributed by atoms with E-state index in [2.05, 4.69) is 15.4 Å². The minimum atomic E-state index is -0.707. The van der Waals surface area contributed by atoms with Crippen molar-refractivity contribution in [2.45, 2.75) is 13.8 Å². The molecule has 3 heterocycles. The number of rotatable bonds is 4. The van der Waals surface area contributed by atoms with Gasteiger partial charge in [0.25, 0.3) is 0 Å². The van der Waals surface area contributed by atoms with Gasteiger partial charge in [0.05, 0.1) is 24.1 Å². The highest BCUT2D eigenvalue weighted by atomic mass is 16.5. The molecule has 0 saturated heterocycles. The molecular formula is C25H23N5O4. The molecule has 5 rings (SSSR count). The van der Waals surface area contributed by atoms with Crippen LogP contribution in [0.4, 0.5) is 10.5 Å². The number of aryl methyl sites for hydroxylation is 2. The molecule has 0 aliphatic carbocycles. The maximum atomic E-state index is 13.2. The van der Waals surface area contributed by atoms with E-state index >= 15 is 0 Å². The van der Waals surface area contributed by atoms with Gasteiger partial charge in [0.1, 0.15) is 11.5 Å². The van der Waals surface area contributed by atoms with Crippen LogP contribution in [0.5, 0.6) is 11.5 Å². The van der Waals surface area contributed by atoms with Crippen molar-refractivity contribution < 1.29 is 19.1 Å². The number of urea groups is 1. The van der Waals surface area contributed by atoms with Crippen LogP contribution in [0.3, 0.4) is 0 Å². The van der Waals surface area contributed by atoms with Gasteiger partial charge in [0.2, 0.25) is 5.78 Å². The molecule has 9 heteroatoms. The van der Waals surface area contributed by atoms with Crippen LogP contribution >= 0.6 is 0 Å². The smallest absolute Gasteiger partial charge is 0.316 e. The zero-order valence-electron chi connectivity index (χ0n) is 19.1. The molecule has 0 fully saturated rings. The Bertz CT molecular complexity index is 1530. The van der Waals surface area contributed by atoms with Gasteiger partial charge in [-0.15, -0.1) is 0 Å². The van der Waals surface area contributed by atoms with E-state index in [1.807, 2.05) is 43.8 Å². The first-order valence-corrected chi connectivity index (χ1v) is 10.6. The number of nitrogens with one attached hydrogen (secondary N) is 2. The molecule has 2 aromatic carbocycles.